The first-order valence-electron chi connectivity index (χ1n) is 7.91. The van der Waals surface area contributed by atoms with Crippen LogP contribution >= 0.6 is 35.7 Å². The minimum atomic E-state index is -0.391. The third-order valence-corrected chi connectivity index (χ3v) is 3.90. The lowest BCUT2D eigenvalue weighted by Gasteiger charge is -2.12. The summed E-state index contributed by atoms with van der Waals surface area (Å²) in [5.74, 6) is 1.93. The van der Waals surface area contributed by atoms with E-state index in [1.807, 2.05) is 11.8 Å². The van der Waals surface area contributed by atoms with Crippen molar-refractivity contribution in [2.75, 3.05) is 25.1 Å². The van der Waals surface area contributed by atoms with Gasteiger partial charge >= 0.3 is 0 Å². The van der Waals surface area contributed by atoms with Gasteiger partial charge in [-0.3, -0.25) is 10.1 Å². The molecule has 0 aliphatic heterocycles. The van der Waals surface area contributed by atoms with E-state index in [1.54, 1.807) is 12.1 Å². The van der Waals surface area contributed by atoms with Gasteiger partial charge in [0.15, 0.2) is 5.96 Å². The number of non-ortho nitro benzene ring substituents is 1. The van der Waals surface area contributed by atoms with Gasteiger partial charge in [-0.15, -0.1) is 24.0 Å². The zero-order chi connectivity index (χ0) is 16.9. The second-order valence-electron chi connectivity index (χ2n) is 5.14. The predicted molar refractivity (Wildman–Crippen MR) is 114 cm³/mol. The number of nitrogens with one attached hydrogen (secondary N) is 2. The quantitative estimate of drug-likeness (QED) is 0.137. The van der Waals surface area contributed by atoms with E-state index in [0.717, 1.165) is 49.6 Å². The van der Waals surface area contributed by atoms with Crippen LogP contribution in [0.25, 0.3) is 0 Å². The summed E-state index contributed by atoms with van der Waals surface area (Å²) in [6, 6.07) is 6.53. The first-order chi connectivity index (χ1) is 11.2. The van der Waals surface area contributed by atoms with Crippen LogP contribution < -0.4 is 10.6 Å². The number of guanidine groups is 1. The van der Waals surface area contributed by atoms with Gasteiger partial charge in [0, 0.05) is 25.2 Å². The van der Waals surface area contributed by atoms with Crippen LogP contribution in [-0.4, -0.2) is 36.0 Å². The Balaban J connectivity index is 0.00000529. The lowest BCUT2D eigenvalue weighted by Crippen LogP contribution is -2.38. The number of rotatable bonds is 10. The zero-order valence-electron chi connectivity index (χ0n) is 14.3. The number of nitro benzene ring substituents is 1. The Labute approximate surface area is 165 Å². The molecule has 24 heavy (non-hydrogen) atoms. The van der Waals surface area contributed by atoms with Crippen molar-refractivity contribution >= 4 is 47.4 Å². The molecule has 0 heterocycles. The van der Waals surface area contributed by atoms with E-state index in [0.29, 0.717) is 6.54 Å². The summed E-state index contributed by atoms with van der Waals surface area (Å²) >= 11 is 1.83. The van der Waals surface area contributed by atoms with Crippen molar-refractivity contribution in [2.45, 2.75) is 32.7 Å². The molecule has 0 aromatic heterocycles. The molecule has 0 radical (unpaired) electrons. The van der Waals surface area contributed by atoms with Crippen LogP contribution in [0, 0.1) is 10.1 Å². The molecule has 2 N–H and O–H groups in total. The van der Waals surface area contributed by atoms with Gasteiger partial charge in [-0.1, -0.05) is 25.5 Å². The largest absolute Gasteiger partial charge is 0.356 e. The number of unbranched alkanes of at least 4 members (excludes halogenated alkanes) is 1. The van der Waals surface area contributed by atoms with E-state index >= 15 is 0 Å². The maximum absolute atomic E-state index is 10.7. The summed E-state index contributed by atoms with van der Waals surface area (Å²) in [7, 11) is 0. The van der Waals surface area contributed by atoms with Crippen molar-refractivity contribution in [1.29, 1.82) is 0 Å². The summed E-state index contributed by atoms with van der Waals surface area (Å²) in [4.78, 5) is 14.8. The molecule has 0 aliphatic rings. The Morgan fingerprint density at radius 3 is 2.38 bits per heavy atom. The van der Waals surface area contributed by atoms with Crippen LogP contribution in [-0.2, 0) is 6.54 Å². The Bertz CT molecular complexity index is 497. The molecule has 1 rings (SSSR count). The first kappa shape index (κ1) is 23.0. The van der Waals surface area contributed by atoms with Gasteiger partial charge in [0.05, 0.1) is 11.5 Å². The zero-order valence-corrected chi connectivity index (χ0v) is 17.4. The Hall–Kier alpha value is -1.03. The third-order valence-electron chi connectivity index (χ3n) is 3.21. The summed E-state index contributed by atoms with van der Waals surface area (Å²) in [5.41, 5.74) is 1.06. The smallest absolute Gasteiger partial charge is 0.269 e. The highest BCUT2D eigenvalue weighted by Crippen LogP contribution is 2.12. The van der Waals surface area contributed by atoms with Crippen molar-refractivity contribution in [3.05, 3.63) is 39.9 Å². The molecular weight excluding hydrogens is 439 g/mol. The molecule has 1 aromatic carbocycles. The standard InChI is InChI=1S/C16H26N4O2S.HI/c1-3-4-10-17-16(18-11-5-12-23-2)19-13-14-6-8-15(9-7-14)20(21)22;/h6-9H,3-5,10-13H2,1-2H3,(H2,17,18,19);1H. The monoisotopic (exact) mass is 466 g/mol. The summed E-state index contributed by atoms with van der Waals surface area (Å²) in [6.07, 6.45) is 5.43. The average molecular weight is 466 g/mol. The van der Waals surface area contributed by atoms with Crippen molar-refractivity contribution in [3.63, 3.8) is 0 Å². The van der Waals surface area contributed by atoms with Crippen LogP contribution in [0.4, 0.5) is 5.69 Å². The molecule has 0 unspecified atom stereocenters. The fourth-order valence-corrected chi connectivity index (χ4v) is 2.31. The number of halogens is 1. The van der Waals surface area contributed by atoms with Crippen LogP contribution in [0.3, 0.4) is 0 Å². The number of aliphatic imine (C=N–C) groups is 1. The predicted octanol–water partition coefficient (Wildman–Crippen LogP) is 3.80. The number of nitro groups is 1. The molecule has 136 valence electrons. The Kier molecular flexibility index (Phi) is 13.7. The summed E-state index contributed by atoms with van der Waals surface area (Å²) < 4.78 is 0. The number of nitrogens with zero attached hydrogens (tertiary/aromatic N) is 2. The molecule has 6 nitrogen and oxygen atoms in total. The molecular formula is C16H27IN4O2S. The molecule has 0 amide bonds. The van der Waals surface area contributed by atoms with E-state index in [4.69, 9.17) is 0 Å². The van der Waals surface area contributed by atoms with Gasteiger partial charge in [0.1, 0.15) is 0 Å². The molecule has 0 saturated heterocycles. The second-order valence-corrected chi connectivity index (χ2v) is 6.13. The van der Waals surface area contributed by atoms with Crippen LogP contribution in [0.2, 0.25) is 0 Å². The molecule has 1 aromatic rings. The molecule has 0 saturated carbocycles. The summed E-state index contributed by atoms with van der Waals surface area (Å²) in [6.45, 7) is 4.44. The molecule has 0 fully saturated rings. The highest BCUT2D eigenvalue weighted by molar-refractivity contribution is 14.0. The number of hydrogen-bond acceptors (Lipinski definition) is 4. The summed E-state index contributed by atoms with van der Waals surface area (Å²) in [5, 5.41) is 17.3. The lowest BCUT2D eigenvalue weighted by molar-refractivity contribution is -0.384. The number of hydrogen-bond donors (Lipinski definition) is 2. The van der Waals surface area contributed by atoms with E-state index in [9.17, 15) is 10.1 Å². The van der Waals surface area contributed by atoms with Gasteiger partial charge in [0.2, 0.25) is 0 Å². The Morgan fingerprint density at radius 1 is 1.21 bits per heavy atom. The normalized spacial score (nSPS) is 10.8. The number of benzene rings is 1. The fourth-order valence-electron chi connectivity index (χ4n) is 1.87. The minimum absolute atomic E-state index is 0. The van der Waals surface area contributed by atoms with Gasteiger partial charge < -0.3 is 10.6 Å². The molecule has 0 spiro atoms. The van der Waals surface area contributed by atoms with Crippen molar-refractivity contribution < 1.29 is 4.92 Å². The van der Waals surface area contributed by atoms with Crippen LogP contribution in [0.1, 0.15) is 31.7 Å². The molecule has 8 heteroatoms. The van der Waals surface area contributed by atoms with E-state index in [2.05, 4.69) is 28.8 Å². The van der Waals surface area contributed by atoms with Gasteiger partial charge in [0.25, 0.3) is 5.69 Å². The van der Waals surface area contributed by atoms with Crippen LogP contribution in [0.5, 0.6) is 0 Å². The van der Waals surface area contributed by atoms with Crippen LogP contribution in [0.15, 0.2) is 29.3 Å². The highest BCUT2D eigenvalue weighted by Gasteiger charge is 2.04. The SMILES string of the molecule is CCCCNC(=NCc1ccc([N+](=O)[O-])cc1)NCCCSC.I. The van der Waals surface area contributed by atoms with Crippen molar-refractivity contribution in [1.82, 2.24) is 10.6 Å². The maximum Gasteiger partial charge on any atom is 0.269 e. The first-order valence-corrected chi connectivity index (χ1v) is 9.31. The molecule has 0 aliphatic carbocycles. The maximum atomic E-state index is 10.7. The van der Waals surface area contributed by atoms with Gasteiger partial charge in [-0.2, -0.15) is 11.8 Å². The lowest BCUT2D eigenvalue weighted by atomic mass is 10.2. The van der Waals surface area contributed by atoms with E-state index in [1.165, 1.54) is 12.1 Å². The Morgan fingerprint density at radius 2 is 1.83 bits per heavy atom. The fraction of sp³-hybridized carbons (Fsp3) is 0.562. The van der Waals surface area contributed by atoms with Gasteiger partial charge in [-0.05, 0) is 30.4 Å². The highest BCUT2D eigenvalue weighted by atomic mass is 127. The van der Waals surface area contributed by atoms with Crippen molar-refractivity contribution in [2.24, 2.45) is 4.99 Å². The van der Waals surface area contributed by atoms with Gasteiger partial charge in [-0.25, -0.2) is 4.99 Å². The average Bonchev–Trinajstić information content (AvgIpc) is 2.56. The molecule has 0 atom stereocenters. The minimum Gasteiger partial charge on any atom is -0.356 e. The topological polar surface area (TPSA) is 79.6 Å². The molecule has 0 bridgehead atoms. The van der Waals surface area contributed by atoms with Crippen molar-refractivity contribution in [3.8, 4) is 0 Å². The third kappa shape index (κ3) is 9.96. The van der Waals surface area contributed by atoms with E-state index in [-0.39, 0.29) is 29.7 Å². The number of thioether (sulfide) groups is 1. The van der Waals surface area contributed by atoms with E-state index < -0.39 is 4.92 Å². The second kappa shape index (κ2) is 14.3.